The fraction of sp³-hybridized carbons (Fsp3) is 0.241. The van der Waals surface area contributed by atoms with Gasteiger partial charge in [-0.3, -0.25) is 14.4 Å². The van der Waals surface area contributed by atoms with Crippen LogP contribution in [0.25, 0.3) is 0 Å². The van der Waals surface area contributed by atoms with Crippen LogP contribution in [0.4, 0.5) is 5.69 Å². The van der Waals surface area contributed by atoms with Gasteiger partial charge in [-0.05, 0) is 67.6 Å². The van der Waals surface area contributed by atoms with E-state index in [-0.39, 0.29) is 12.5 Å². The molecule has 9 nitrogen and oxygen atoms in total. The number of hydrazone groups is 1. The molecule has 0 saturated heterocycles. The van der Waals surface area contributed by atoms with Gasteiger partial charge in [0.2, 0.25) is 0 Å². The van der Waals surface area contributed by atoms with Gasteiger partial charge in [-0.1, -0.05) is 48.5 Å². The van der Waals surface area contributed by atoms with Crippen molar-refractivity contribution in [3.8, 4) is 11.5 Å². The van der Waals surface area contributed by atoms with Crippen LogP contribution >= 0.6 is 0 Å². The van der Waals surface area contributed by atoms with E-state index in [2.05, 4.69) is 21.2 Å². The molecule has 3 aromatic rings. The van der Waals surface area contributed by atoms with Gasteiger partial charge in [0, 0.05) is 12.2 Å². The van der Waals surface area contributed by atoms with Crippen LogP contribution in [0.3, 0.4) is 0 Å². The summed E-state index contributed by atoms with van der Waals surface area (Å²) in [6, 6.07) is 20.4. The molecule has 3 amide bonds. The summed E-state index contributed by atoms with van der Waals surface area (Å²) in [7, 11) is 0. The molecule has 0 heterocycles. The monoisotopic (exact) mass is 516 g/mol. The first-order chi connectivity index (χ1) is 18.4. The lowest BCUT2D eigenvalue weighted by Crippen LogP contribution is -2.38. The molecule has 38 heavy (non-hydrogen) atoms. The van der Waals surface area contributed by atoms with E-state index in [0.29, 0.717) is 36.6 Å². The van der Waals surface area contributed by atoms with E-state index in [9.17, 15) is 14.4 Å². The third kappa shape index (κ3) is 8.48. The third-order valence-electron chi connectivity index (χ3n) is 5.50. The highest BCUT2D eigenvalue weighted by Gasteiger charge is 2.13. The Morgan fingerprint density at radius 3 is 2.32 bits per heavy atom. The number of aryl methyl sites for hydroxylation is 2. The van der Waals surface area contributed by atoms with Crippen molar-refractivity contribution in [3.63, 3.8) is 0 Å². The molecule has 0 fully saturated rings. The summed E-state index contributed by atoms with van der Waals surface area (Å²) in [5, 5.41) is 9.30. The van der Waals surface area contributed by atoms with Gasteiger partial charge in [0.1, 0.15) is 0 Å². The first kappa shape index (κ1) is 27.9. The zero-order valence-corrected chi connectivity index (χ0v) is 21.7. The van der Waals surface area contributed by atoms with Gasteiger partial charge in [0.15, 0.2) is 18.1 Å². The van der Waals surface area contributed by atoms with Gasteiger partial charge >= 0.3 is 11.8 Å². The van der Waals surface area contributed by atoms with Crippen molar-refractivity contribution < 1.29 is 23.9 Å². The standard InChI is InChI=1S/C29H32N4O5/c1-4-37-25-17-23(18-31-33-29(36)28(35)30-16-15-22-11-6-5-7-12-22)13-14-24(25)38-19-26(34)32-27-20(2)9-8-10-21(27)3/h5-14,17-18H,4,15-16,19H2,1-3H3,(H,30,35)(H,32,34)(H,33,36)/b31-18-. The number of anilines is 1. The molecule has 0 spiro atoms. The van der Waals surface area contributed by atoms with Crippen LogP contribution in [0.1, 0.15) is 29.2 Å². The van der Waals surface area contributed by atoms with Gasteiger partial charge in [-0.25, -0.2) is 5.43 Å². The van der Waals surface area contributed by atoms with Crippen molar-refractivity contribution in [3.05, 3.63) is 89.0 Å². The average Bonchev–Trinajstić information content (AvgIpc) is 2.91. The number of hydrogen-bond donors (Lipinski definition) is 3. The molecule has 0 aliphatic heterocycles. The normalized spacial score (nSPS) is 10.6. The van der Waals surface area contributed by atoms with E-state index in [1.807, 2.05) is 69.3 Å². The Balaban J connectivity index is 1.51. The molecule has 0 aliphatic rings. The van der Waals surface area contributed by atoms with Gasteiger partial charge in [0.25, 0.3) is 5.91 Å². The molecular formula is C29H32N4O5. The number of nitrogens with zero attached hydrogens (tertiary/aromatic N) is 1. The Kier molecular flexibility index (Phi) is 10.4. The summed E-state index contributed by atoms with van der Waals surface area (Å²) < 4.78 is 11.3. The van der Waals surface area contributed by atoms with Crippen LogP contribution in [-0.4, -0.2) is 43.7 Å². The minimum absolute atomic E-state index is 0.198. The second-order valence-corrected chi connectivity index (χ2v) is 8.43. The highest BCUT2D eigenvalue weighted by molar-refractivity contribution is 6.35. The summed E-state index contributed by atoms with van der Waals surface area (Å²) in [5.41, 5.74) is 6.58. The minimum atomic E-state index is -0.866. The number of carbonyl (C=O) groups excluding carboxylic acids is 3. The van der Waals surface area contributed by atoms with Crippen LogP contribution in [0.2, 0.25) is 0 Å². The van der Waals surface area contributed by atoms with E-state index in [0.717, 1.165) is 22.4 Å². The Labute approximate surface area is 222 Å². The van der Waals surface area contributed by atoms with Gasteiger partial charge in [-0.2, -0.15) is 5.10 Å². The van der Waals surface area contributed by atoms with Gasteiger partial charge in [-0.15, -0.1) is 0 Å². The first-order valence-electron chi connectivity index (χ1n) is 12.3. The summed E-state index contributed by atoms with van der Waals surface area (Å²) >= 11 is 0. The predicted molar refractivity (Wildman–Crippen MR) is 147 cm³/mol. The SMILES string of the molecule is CCOc1cc(/C=N\NC(=O)C(=O)NCCc2ccccc2)ccc1OCC(=O)Nc1c(C)cccc1C. The van der Waals surface area contributed by atoms with Crippen molar-refractivity contribution in [1.29, 1.82) is 0 Å². The fourth-order valence-electron chi connectivity index (χ4n) is 3.58. The van der Waals surface area contributed by atoms with Crippen LogP contribution < -0.4 is 25.5 Å². The van der Waals surface area contributed by atoms with E-state index < -0.39 is 11.8 Å². The molecule has 0 saturated carbocycles. The largest absolute Gasteiger partial charge is 0.490 e. The van der Waals surface area contributed by atoms with Gasteiger partial charge in [0.05, 0.1) is 12.8 Å². The molecule has 0 aliphatic carbocycles. The topological polar surface area (TPSA) is 118 Å². The Morgan fingerprint density at radius 2 is 1.61 bits per heavy atom. The number of rotatable bonds is 11. The van der Waals surface area contributed by atoms with Crippen molar-refractivity contribution in [2.24, 2.45) is 5.10 Å². The molecule has 0 unspecified atom stereocenters. The van der Waals surface area contributed by atoms with Crippen LogP contribution in [0.5, 0.6) is 11.5 Å². The number of ether oxygens (including phenoxy) is 2. The zero-order chi connectivity index (χ0) is 27.3. The molecule has 0 aromatic heterocycles. The smallest absolute Gasteiger partial charge is 0.329 e. The van der Waals surface area contributed by atoms with E-state index >= 15 is 0 Å². The van der Waals surface area contributed by atoms with Gasteiger partial charge < -0.3 is 20.1 Å². The number of para-hydroxylation sites is 1. The molecule has 3 aromatic carbocycles. The predicted octanol–water partition coefficient (Wildman–Crippen LogP) is 3.53. The molecule has 0 radical (unpaired) electrons. The number of hydrogen-bond acceptors (Lipinski definition) is 6. The third-order valence-corrected chi connectivity index (χ3v) is 5.50. The number of amides is 3. The van der Waals surface area contributed by atoms with E-state index in [4.69, 9.17) is 9.47 Å². The van der Waals surface area contributed by atoms with Crippen LogP contribution in [0.15, 0.2) is 71.8 Å². The summed E-state index contributed by atoms with van der Waals surface area (Å²) in [4.78, 5) is 36.4. The maximum Gasteiger partial charge on any atom is 0.329 e. The van der Waals surface area contributed by atoms with Crippen molar-refractivity contribution >= 4 is 29.6 Å². The molecule has 0 bridgehead atoms. The number of nitrogens with one attached hydrogen (secondary N) is 3. The second-order valence-electron chi connectivity index (χ2n) is 8.43. The van der Waals surface area contributed by atoms with Crippen molar-refractivity contribution in [2.45, 2.75) is 27.2 Å². The van der Waals surface area contributed by atoms with Crippen molar-refractivity contribution in [2.75, 3.05) is 25.1 Å². The minimum Gasteiger partial charge on any atom is -0.490 e. The Bertz CT molecular complexity index is 1270. The molecular weight excluding hydrogens is 484 g/mol. The molecule has 0 atom stereocenters. The Morgan fingerprint density at radius 1 is 0.868 bits per heavy atom. The first-order valence-corrected chi connectivity index (χ1v) is 12.3. The molecule has 3 rings (SSSR count). The maximum absolute atomic E-state index is 12.5. The lowest BCUT2D eigenvalue weighted by molar-refractivity contribution is -0.139. The second kappa shape index (κ2) is 14.2. The summed E-state index contributed by atoms with van der Waals surface area (Å²) in [6.07, 6.45) is 2.00. The average molecular weight is 517 g/mol. The maximum atomic E-state index is 12.5. The Hall–Kier alpha value is -4.66. The summed E-state index contributed by atoms with van der Waals surface area (Å²) in [5.74, 6) is -1.12. The fourth-order valence-corrected chi connectivity index (χ4v) is 3.58. The quantitative estimate of drug-likeness (QED) is 0.205. The molecule has 3 N–H and O–H groups in total. The van der Waals surface area contributed by atoms with E-state index in [1.165, 1.54) is 6.21 Å². The highest BCUT2D eigenvalue weighted by atomic mass is 16.5. The number of carbonyl (C=O) groups is 3. The van der Waals surface area contributed by atoms with E-state index in [1.54, 1.807) is 18.2 Å². The highest BCUT2D eigenvalue weighted by Crippen LogP contribution is 2.28. The van der Waals surface area contributed by atoms with Crippen LogP contribution in [-0.2, 0) is 20.8 Å². The molecule has 198 valence electrons. The van der Waals surface area contributed by atoms with Crippen LogP contribution in [0, 0.1) is 13.8 Å². The lowest BCUT2D eigenvalue weighted by Gasteiger charge is -2.14. The zero-order valence-electron chi connectivity index (χ0n) is 21.7. The summed E-state index contributed by atoms with van der Waals surface area (Å²) in [6.45, 7) is 6.20. The van der Waals surface area contributed by atoms with Crippen molar-refractivity contribution in [1.82, 2.24) is 10.7 Å². The lowest BCUT2D eigenvalue weighted by atomic mass is 10.1. The number of benzene rings is 3. The molecule has 9 heteroatoms.